The number of hydrogen-bond acceptors (Lipinski definition) is 2. The van der Waals surface area contributed by atoms with Crippen LogP contribution in [0.5, 0.6) is 0 Å². The van der Waals surface area contributed by atoms with Gasteiger partial charge in [0.05, 0.1) is 10.5 Å². The molecule has 1 aromatic heterocycles. The second-order valence-corrected chi connectivity index (χ2v) is 5.30. The van der Waals surface area contributed by atoms with Gasteiger partial charge in [-0.25, -0.2) is 0 Å². The van der Waals surface area contributed by atoms with Crippen LogP contribution in [0.25, 0.3) is 0 Å². The van der Waals surface area contributed by atoms with E-state index in [2.05, 4.69) is 0 Å². The topological polar surface area (TPSA) is 22.0 Å². The van der Waals surface area contributed by atoms with E-state index in [-0.39, 0.29) is 4.90 Å². The second kappa shape index (κ2) is 5.75. The molecule has 0 aliphatic heterocycles. The lowest BCUT2D eigenvalue weighted by molar-refractivity contribution is -0.138. The van der Waals surface area contributed by atoms with Crippen LogP contribution in [-0.4, -0.2) is 4.57 Å². The van der Waals surface area contributed by atoms with Crippen LogP contribution in [0.4, 0.5) is 13.2 Å². The predicted molar refractivity (Wildman–Crippen MR) is 72.7 cm³/mol. The monoisotopic (exact) mass is 299 g/mol. The summed E-state index contributed by atoms with van der Waals surface area (Å²) in [5.41, 5.74) is -0.272. The third kappa shape index (κ3) is 3.45. The van der Waals surface area contributed by atoms with Crippen molar-refractivity contribution in [3.05, 3.63) is 64.1 Å². The summed E-state index contributed by atoms with van der Waals surface area (Å²) in [6.07, 6.45) is -3.64. The summed E-state index contributed by atoms with van der Waals surface area (Å²) in [4.78, 5) is 11.9. The highest BCUT2D eigenvalue weighted by Crippen LogP contribution is 2.31. The Balaban J connectivity index is 2.27. The van der Waals surface area contributed by atoms with Crippen molar-refractivity contribution < 1.29 is 13.2 Å². The lowest BCUT2D eigenvalue weighted by atomic mass is 10.2. The molecule has 2 nitrogen and oxygen atoms in total. The highest BCUT2D eigenvalue weighted by Gasteiger charge is 2.31. The Hall–Kier alpha value is -1.69. The molecule has 0 atom stereocenters. The quantitative estimate of drug-likeness (QED) is 0.806. The molecule has 6 heteroatoms. The molecule has 0 bridgehead atoms. The van der Waals surface area contributed by atoms with Gasteiger partial charge < -0.3 is 4.57 Å². The van der Waals surface area contributed by atoms with E-state index in [0.29, 0.717) is 5.75 Å². The molecule has 0 fully saturated rings. The van der Waals surface area contributed by atoms with E-state index in [9.17, 15) is 18.0 Å². The number of pyridine rings is 1. The van der Waals surface area contributed by atoms with Crippen LogP contribution in [0, 0.1) is 0 Å². The predicted octanol–water partition coefficient (Wildman–Crippen LogP) is 3.70. The third-order valence-electron chi connectivity index (χ3n) is 2.71. The highest BCUT2D eigenvalue weighted by molar-refractivity contribution is 7.98. The Morgan fingerprint density at radius 3 is 2.45 bits per heavy atom. The lowest BCUT2D eigenvalue weighted by Crippen LogP contribution is -2.21. The van der Waals surface area contributed by atoms with Gasteiger partial charge >= 0.3 is 6.18 Å². The molecule has 0 aliphatic rings. The smallest absolute Gasteiger partial charge is 0.317 e. The molecule has 20 heavy (non-hydrogen) atoms. The molecule has 2 aromatic rings. The van der Waals surface area contributed by atoms with Gasteiger partial charge in [-0.15, -0.1) is 11.8 Å². The van der Waals surface area contributed by atoms with E-state index in [0.717, 1.165) is 34.2 Å². The standard InChI is InChI=1S/C14H12F3NOS/c1-18-8-11(14(15,16)17)7-12(13(18)19)20-9-10-5-3-2-4-6-10/h2-8H,9H2,1H3. The minimum Gasteiger partial charge on any atom is -0.317 e. The van der Waals surface area contributed by atoms with Crippen molar-refractivity contribution in [3.63, 3.8) is 0 Å². The number of benzene rings is 1. The molecule has 0 saturated carbocycles. The normalized spacial score (nSPS) is 11.6. The van der Waals surface area contributed by atoms with E-state index in [1.54, 1.807) is 0 Å². The number of aromatic nitrogens is 1. The van der Waals surface area contributed by atoms with Gasteiger partial charge in [-0.05, 0) is 11.6 Å². The Kier molecular flexibility index (Phi) is 4.23. The number of halogens is 3. The molecule has 0 amide bonds. The molecule has 0 radical (unpaired) electrons. The van der Waals surface area contributed by atoms with Gasteiger partial charge in [0, 0.05) is 19.0 Å². The maximum Gasteiger partial charge on any atom is 0.417 e. The summed E-state index contributed by atoms with van der Waals surface area (Å²) in [7, 11) is 1.32. The Bertz CT molecular complexity index is 650. The van der Waals surface area contributed by atoms with Crippen molar-refractivity contribution in [2.24, 2.45) is 7.05 Å². The van der Waals surface area contributed by atoms with E-state index in [1.807, 2.05) is 30.3 Å². The average Bonchev–Trinajstić information content (AvgIpc) is 2.40. The summed E-state index contributed by atoms with van der Waals surface area (Å²) in [5, 5.41) is 0. The number of rotatable bonds is 3. The van der Waals surface area contributed by atoms with Crippen LogP contribution in [0.15, 0.2) is 52.3 Å². The average molecular weight is 299 g/mol. The first-order chi connectivity index (χ1) is 9.38. The van der Waals surface area contributed by atoms with Crippen molar-refractivity contribution >= 4 is 11.8 Å². The fraction of sp³-hybridized carbons (Fsp3) is 0.214. The van der Waals surface area contributed by atoms with E-state index in [4.69, 9.17) is 0 Å². The fourth-order valence-electron chi connectivity index (χ4n) is 1.68. The first-order valence-corrected chi connectivity index (χ1v) is 6.81. The Morgan fingerprint density at radius 1 is 1.20 bits per heavy atom. The SMILES string of the molecule is Cn1cc(C(F)(F)F)cc(SCc2ccccc2)c1=O. The molecule has 0 saturated heterocycles. The molecule has 2 rings (SSSR count). The van der Waals surface area contributed by atoms with Crippen molar-refractivity contribution in [1.29, 1.82) is 0 Å². The first-order valence-electron chi connectivity index (χ1n) is 5.82. The van der Waals surface area contributed by atoms with Crippen LogP contribution < -0.4 is 5.56 Å². The van der Waals surface area contributed by atoms with Crippen molar-refractivity contribution in [2.45, 2.75) is 16.8 Å². The first kappa shape index (κ1) is 14.7. The number of hydrogen-bond donors (Lipinski definition) is 0. The largest absolute Gasteiger partial charge is 0.417 e. The molecule has 0 spiro atoms. The molecule has 1 heterocycles. The lowest BCUT2D eigenvalue weighted by Gasteiger charge is -2.10. The zero-order valence-electron chi connectivity index (χ0n) is 10.6. The Labute approximate surface area is 118 Å². The number of nitrogens with zero attached hydrogens (tertiary/aromatic N) is 1. The van der Waals surface area contributed by atoms with Crippen LogP contribution in [-0.2, 0) is 19.0 Å². The number of aryl methyl sites for hydroxylation is 1. The minimum absolute atomic E-state index is 0.103. The van der Waals surface area contributed by atoms with Crippen LogP contribution in [0.3, 0.4) is 0 Å². The summed E-state index contributed by atoms with van der Waals surface area (Å²) in [6, 6.07) is 10.2. The van der Waals surface area contributed by atoms with Crippen molar-refractivity contribution in [1.82, 2.24) is 4.57 Å². The maximum atomic E-state index is 12.7. The van der Waals surface area contributed by atoms with Crippen LogP contribution in [0.2, 0.25) is 0 Å². The third-order valence-corrected chi connectivity index (χ3v) is 3.80. The van der Waals surface area contributed by atoms with Gasteiger partial charge in [0.1, 0.15) is 0 Å². The van der Waals surface area contributed by atoms with E-state index < -0.39 is 17.3 Å². The molecular weight excluding hydrogens is 287 g/mol. The molecule has 106 valence electrons. The van der Waals surface area contributed by atoms with Gasteiger partial charge in [0.2, 0.25) is 0 Å². The zero-order chi connectivity index (χ0) is 14.8. The molecule has 0 N–H and O–H groups in total. The second-order valence-electron chi connectivity index (χ2n) is 4.28. The summed E-state index contributed by atoms with van der Waals surface area (Å²) in [5.74, 6) is 0.456. The van der Waals surface area contributed by atoms with Crippen molar-refractivity contribution in [3.8, 4) is 0 Å². The maximum absolute atomic E-state index is 12.7. The van der Waals surface area contributed by atoms with Gasteiger partial charge in [-0.1, -0.05) is 30.3 Å². The molecule has 0 unspecified atom stereocenters. The minimum atomic E-state index is -4.45. The summed E-state index contributed by atoms with van der Waals surface area (Å²) < 4.78 is 39.1. The molecule has 0 aliphatic carbocycles. The molecule has 1 aromatic carbocycles. The van der Waals surface area contributed by atoms with Gasteiger partial charge in [-0.2, -0.15) is 13.2 Å². The van der Waals surface area contributed by atoms with Crippen LogP contribution in [0.1, 0.15) is 11.1 Å². The van der Waals surface area contributed by atoms with Crippen LogP contribution >= 0.6 is 11.8 Å². The van der Waals surface area contributed by atoms with Gasteiger partial charge in [0.15, 0.2) is 0 Å². The zero-order valence-corrected chi connectivity index (χ0v) is 11.5. The van der Waals surface area contributed by atoms with Crippen molar-refractivity contribution in [2.75, 3.05) is 0 Å². The van der Waals surface area contributed by atoms with E-state index >= 15 is 0 Å². The fourth-order valence-corrected chi connectivity index (χ4v) is 2.67. The number of alkyl halides is 3. The van der Waals surface area contributed by atoms with Gasteiger partial charge in [0.25, 0.3) is 5.56 Å². The Morgan fingerprint density at radius 2 is 1.85 bits per heavy atom. The summed E-state index contributed by atoms with van der Waals surface area (Å²) >= 11 is 1.11. The number of thioether (sulfide) groups is 1. The summed E-state index contributed by atoms with van der Waals surface area (Å²) in [6.45, 7) is 0. The highest BCUT2D eigenvalue weighted by atomic mass is 32.2. The van der Waals surface area contributed by atoms with E-state index in [1.165, 1.54) is 7.05 Å². The molecular formula is C14H12F3NOS. The van der Waals surface area contributed by atoms with Gasteiger partial charge in [-0.3, -0.25) is 4.79 Å².